The van der Waals surface area contributed by atoms with Gasteiger partial charge >= 0.3 is 0 Å². The van der Waals surface area contributed by atoms with Crippen LogP contribution >= 0.6 is 11.6 Å². The average Bonchev–Trinajstić information content (AvgIpc) is 2.88. The van der Waals surface area contributed by atoms with Crippen LogP contribution in [0.4, 0.5) is 0 Å². The quantitative estimate of drug-likeness (QED) is 0.796. The highest BCUT2D eigenvalue weighted by Crippen LogP contribution is 2.01. The molecule has 6 nitrogen and oxygen atoms in total. The van der Waals surface area contributed by atoms with Crippen LogP contribution in [0.1, 0.15) is 22.7 Å². The Morgan fingerprint density at radius 1 is 1.33 bits per heavy atom. The number of amides is 1. The topological polar surface area (TPSA) is 83.6 Å². The highest BCUT2D eigenvalue weighted by atomic mass is 35.5. The van der Waals surface area contributed by atoms with E-state index < -0.39 is 0 Å². The maximum Gasteiger partial charge on any atom is 0.271 e. The first-order valence-electron chi connectivity index (χ1n) is 5.49. The standard InChI is InChI=1S/C11H12ClN5O/c12-9-7-16-8(6-17-9)11(18)15-3-1-2-10-13-4-5-14-10/h4-7H,1-3H2,(H,13,14)(H,15,18). The lowest BCUT2D eigenvalue weighted by Gasteiger charge is -2.03. The van der Waals surface area contributed by atoms with E-state index in [1.807, 2.05) is 0 Å². The van der Waals surface area contributed by atoms with Crippen molar-refractivity contribution in [1.29, 1.82) is 0 Å². The molecule has 0 atom stereocenters. The molecule has 0 fully saturated rings. The minimum absolute atomic E-state index is 0.251. The Balaban J connectivity index is 1.73. The van der Waals surface area contributed by atoms with E-state index in [9.17, 15) is 4.79 Å². The summed E-state index contributed by atoms with van der Waals surface area (Å²) in [5.41, 5.74) is 0.261. The van der Waals surface area contributed by atoms with Gasteiger partial charge < -0.3 is 10.3 Å². The molecule has 2 aromatic heterocycles. The van der Waals surface area contributed by atoms with Crippen LogP contribution in [0.15, 0.2) is 24.8 Å². The SMILES string of the molecule is O=C(NCCCc1ncc[nH]1)c1cnc(Cl)cn1. The van der Waals surface area contributed by atoms with Gasteiger partial charge in [0, 0.05) is 25.4 Å². The lowest BCUT2D eigenvalue weighted by molar-refractivity contribution is 0.0948. The van der Waals surface area contributed by atoms with E-state index in [0.717, 1.165) is 18.7 Å². The first kappa shape index (κ1) is 12.5. The lowest BCUT2D eigenvalue weighted by atomic mass is 10.3. The Morgan fingerprint density at radius 3 is 2.89 bits per heavy atom. The predicted molar refractivity (Wildman–Crippen MR) is 66.3 cm³/mol. The van der Waals surface area contributed by atoms with Gasteiger partial charge in [-0.2, -0.15) is 0 Å². The molecule has 2 aromatic rings. The summed E-state index contributed by atoms with van der Waals surface area (Å²) in [6.45, 7) is 0.559. The Morgan fingerprint density at radius 2 is 2.22 bits per heavy atom. The number of imidazole rings is 1. The van der Waals surface area contributed by atoms with Gasteiger partial charge in [0.25, 0.3) is 5.91 Å². The molecular weight excluding hydrogens is 254 g/mol. The fourth-order valence-corrected chi connectivity index (χ4v) is 1.51. The molecule has 0 aliphatic heterocycles. The Bertz CT molecular complexity index is 497. The highest BCUT2D eigenvalue weighted by Gasteiger charge is 2.06. The van der Waals surface area contributed by atoms with E-state index >= 15 is 0 Å². The molecule has 0 spiro atoms. The molecule has 0 radical (unpaired) electrons. The Hall–Kier alpha value is -1.95. The molecule has 0 saturated carbocycles. The lowest BCUT2D eigenvalue weighted by Crippen LogP contribution is -2.25. The zero-order chi connectivity index (χ0) is 12.8. The van der Waals surface area contributed by atoms with Crippen LogP contribution in [-0.4, -0.2) is 32.4 Å². The molecule has 0 aromatic carbocycles. The average molecular weight is 266 g/mol. The van der Waals surface area contributed by atoms with Gasteiger partial charge in [-0.15, -0.1) is 0 Å². The van der Waals surface area contributed by atoms with Crippen LogP contribution in [0.3, 0.4) is 0 Å². The highest BCUT2D eigenvalue weighted by molar-refractivity contribution is 6.29. The number of aromatic amines is 1. The van der Waals surface area contributed by atoms with Crippen molar-refractivity contribution in [1.82, 2.24) is 25.3 Å². The van der Waals surface area contributed by atoms with Gasteiger partial charge in [0.1, 0.15) is 16.7 Å². The number of hydrogen-bond acceptors (Lipinski definition) is 4. The molecule has 0 aliphatic carbocycles. The summed E-state index contributed by atoms with van der Waals surface area (Å²) in [7, 11) is 0. The number of carbonyl (C=O) groups is 1. The zero-order valence-electron chi connectivity index (χ0n) is 9.56. The minimum Gasteiger partial charge on any atom is -0.351 e. The zero-order valence-corrected chi connectivity index (χ0v) is 10.3. The summed E-state index contributed by atoms with van der Waals surface area (Å²) in [6, 6.07) is 0. The minimum atomic E-state index is -0.251. The van der Waals surface area contributed by atoms with E-state index in [0.29, 0.717) is 6.54 Å². The van der Waals surface area contributed by atoms with E-state index in [2.05, 4.69) is 25.3 Å². The summed E-state index contributed by atoms with van der Waals surface area (Å²) in [4.78, 5) is 26.4. The van der Waals surface area contributed by atoms with Gasteiger partial charge in [-0.05, 0) is 6.42 Å². The smallest absolute Gasteiger partial charge is 0.271 e. The summed E-state index contributed by atoms with van der Waals surface area (Å²) >= 11 is 5.58. The van der Waals surface area contributed by atoms with Crippen molar-refractivity contribution in [2.75, 3.05) is 6.54 Å². The summed E-state index contributed by atoms with van der Waals surface area (Å²) in [5, 5.41) is 3.02. The fourth-order valence-electron chi connectivity index (χ4n) is 1.41. The first-order chi connectivity index (χ1) is 8.75. The monoisotopic (exact) mass is 265 g/mol. The summed E-state index contributed by atoms with van der Waals surface area (Å²) in [6.07, 6.45) is 7.78. The molecule has 2 N–H and O–H groups in total. The third-order valence-electron chi connectivity index (χ3n) is 2.28. The van der Waals surface area contributed by atoms with Crippen molar-refractivity contribution >= 4 is 17.5 Å². The number of hydrogen-bond donors (Lipinski definition) is 2. The van der Waals surface area contributed by atoms with E-state index in [1.54, 1.807) is 12.4 Å². The van der Waals surface area contributed by atoms with Gasteiger partial charge in [-0.3, -0.25) is 4.79 Å². The van der Waals surface area contributed by atoms with E-state index in [1.165, 1.54) is 12.4 Å². The molecule has 94 valence electrons. The Labute approximate surface area is 109 Å². The largest absolute Gasteiger partial charge is 0.351 e. The van der Waals surface area contributed by atoms with E-state index in [4.69, 9.17) is 11.6 Å². The van der Waals surface area contributed by atoms with Crippen LogP contribution in [0.5, 0.6) is 0 Å². The predicted octanol–water partition coefficient (Wildman–Crippen LogP) is 1.22. The van der Waals surface area contributed by atoms with Crippen LogP contribution < -0.4 is 5.32 Å². The number of halogens is 1. The molecule has 2 heterocycles. The molecule has 0 bridgehead atoms. The normalized spacial score (nSPS) is 10.3. The van der Waals surface area contributed by atoms with Crippen LogP contribution in [0.25, 0.3) is 0 Å². The molecule has 0 saturated heterocycles. The van der Waals surface area contributed by atoms with Gasteiger partial charge in [-0.1, -0.05) is 11.6 Å². The number of nitrogens with one attached hydrogen (secondary N) is 2. The van der Waals surface area contributed by atoms with Crippen LogP contribution in [0.2, 0.25) is 5.15 Å². The molecular formula is C11H12ClN5O. The second-order valence-electron chi connectivity index (χ2n) is 3.62. The number of carbonyl (C=O) groups excluding carboxylic acids is 1. The van der Waals surface area contributed by atoms with Gasteiger partial charge in [0.2, 0.25) is 0 Å². The number of aromatic nitrogens is 4. The van der Waals surface area contributed by atoms with Crippen molar-refractivity contribution in [3.63, 3.8) is 0 Å². The number of nitrogens with zero attached hydrogens (tertiary/aromatic N) is 3. The third kappa shape index (κ3) is 3.53. The van der Waals surface area contributed by atoms with Crippen LogP contribution in [-0.2, 0) is 6.42 Å². The second-order valence-corrected chi connectivity index (χ2v) is 4.01. The maximum absolute atomic E-state index is 11.6. The molecule has 2 rings (SSSR count). The molecule has 0 aliphatic rings. The maximum atomic E-state index is 11.6. The molecule has 18 heavy (non-hydrogen) atoms. The third-order valence-corrected chi connectivity index (χ3v) is 2.48. The van der Waals surface area contributed by atoms with Gasteiger partial charge in [-0.25, -0.2) is 15.0 Å². The Kier molecular flexibility index (Phi) is 4.25. The van der Waals surface area contributed by atoms with Crippen molar-refractivity contribution < 1.29 is 4.79 Å². The van der Waals surface area contributed by atoms with Gasteiger partial charge in [0.15, 0.2) is 0 Å². The number of rotatable bonds is 5. The first-order valence-corrected chi connectivity index (χ1v) is 5.87. The summed E-state index contributed by atoms with van der Waals surface area (Å²) in [5.74, 6) is 0.661. The van der Waals surface area contributed by atoms with Crippen molar-refractivity contribution in [3.05, 3.63) is 41.5 Å². The van der Waals surface area contributed by atoms with Gasteiger partial charge in [0.05, 0.1) is 12.4 Å². The number of H-pyrrole nitrogens is 1. The van der Waals surface area contributed by atoms with E-state index in [-0.39, 0.29) is 16.8 Å². The molecule has 1 amide bonds. The van der Waals surface area contributed by atoms with Crippen LogP contribution in [0, 0.1) is 0 Å². The fraction of sp³-hybridized carbons (Fsp3) is 0.273. The van der Waals surface area contributed by atoms with Crippen molar-refractivity contribution in [2.24, 2.45) is 0 Å². The second kappa shape index (κ2) is 6.11. The molecule has 0 unspecified atom stereocenters. The number of aryl methyl sites for hydroxylation is 1. The van der Waals surface area contributed by atoms with Crippen molar-refractivity contribution in [2.45, 2.75) is 12.8 Å². The van der Waals surface area contributed by atoms with Crippen molar-refractivity contribution in [3.8, 4) is 0 Å². The summed E-state index contributed by atoms with van der Waals surface area (Å²) < 4.78 is 0. The molecule has 7 heteroatoms.